The van der Waals surface area contributed by atoms with Crippen molar-refractivity contribution in [1.29, 1.82) is 0 Å². The van der Waals surface area contributed by atoms with Gasteiger partial charge in [0.1, 0.15) is 5.75 Å². The van der Waals surface area contributed by atoms with Crippen LogP contribution in [0.15, 0.2) is 53.0 Å². The molecule has 0 aromatic heterocycles. The van der Waals surface area contributed by atoms with Crippen LogP contribution in [0.1, 0.15) is 12.5 Å². The molecule has 2 rings (SSSR count). The van der Waals surface area contributed by atoms with Gasteiger partial charge in [-0.05, 0) is 43.8 Å². The molecule has 0 heterocycles. The Morgan fingerprint density at radius 1 is 1.22 bits per heavy atom. The highest BCUT2D eigenvalue weighted by Crippen LogP contribution is 2.23. The maximum Gasteiger partial charge on any atom is 0.241 e. The number of ether oxygens (including phenoxy) is 1. The SMILES string of the molecule is COc1ccccc1NC(=O)C(C)N(C)Cc1ccc(Br)cc1. The summed E-state index contributed by atoms with van der Waals surface area (Å²) in [5, 5.41) is 2.92. The number of nitrogens with one attached hydrogen (secondary N) is 1. The highest BCUT2D eigenvalue weighted by molar-refractivity contribution is 9.10. The van der Waals surface area contributed by atoms with Gasteiger partial charge in [-0.25, -0.2) is 0 Å². The second-order valence-electron chi connectivity index (χ2n) is 5.41. The van der Waals surface area contributed by atoms with E-state index >= 15 is 0 Å². The molecule has 0 fully saturated rings. The normalized spacial score (nSPS) is 12.0. The zero-order chi connectivity index (χ0) is 16.8. The van der Waals surface area contributed by atoms with Crippen LogP contribution >= 0.6 is 15.9 Å². The molecular weight excluding hydrogens is 356 g/mol. The molecule has 0 aliphatic carbocycles. The summed E-state index contributed by atoms with van der Waals surface area (Å²) in [6.45, 7) is 2.59. The standard InChI is InChI=1S/C18H21BrN2O2/c1-13(21(2)12-14-8-10-15(19)11-9-14)18(22)20-16-6-4-5-7-17(16)23-3/h4-11,13H,12H2,1-3H3,(H,20,22). The second kappa shape index (κ2) is 8.13. The highest BCUT2D eigenvalue weighted by Gasteiger charge is 2.19. The maximum absolute atomic E-state index is 12.5. The zero-order valence-corrected chi connectivity index (χ0v) is 15.1. The molecule has 2 aromatic rings. The van der Waals surface area contributed by atoms with Crippen LogP contribution in [0.3, 0.4) is 0 Å². The quantitative estimate of drug-likeness (QED) is 0.830. The minimum Gasteiger partial charge on any atom is -0.495 e. The molecule has 122 valence electrons. The molecule has 1 atom stereocenters. The monoisotopic (exact) mass is 376 g/mol. The average Bonchev–Trinajstić information content (AvgIpc) is 2.56. The largest absolute Gasteiger partial charge is 0.495 e. The second-order valence-corrected chi connectivity index (χ2v) is 6.32. The van der Waals surface area contributed by atoms with Gasteiger partial charge in [0.15, 0.2) is 0 Å². The number of hydrogen-bond donors (Lipinski definition) is 1. The number of rotatable bonds is 6. The first-order chi connectivity index (χ1) is 11.0. The summed E-state index contributed by atoms with van der Waals surface area (Å²) < 4.78 is 6.31. The smallest absolute Gasteiger partial charge is 0.241 e. The minimum absolute atomic E-state index is 0.0610. The number of likely N-dealkylation sites (N-methyl/N-ethyl adjacent to an activating group) is 1. The minimum atomic E-state index is -0.261. The molecule has 0 aliphatic heterocycles. The van der Waals surface area contributed by atoms with E-state index in [4.69, 9.17) is 4.74 Å². The van der Waals surface area contributed by atoms with Crippen molar-refractivity contribution in [1.82, 2.24) is 4.90 Å². The van der Waals surface area contributed by atoms with Gasteiger partial charge < -0.3 is 10.1 Å². The molecule has 1 unspecified atom stereocenters. The first kappa shape index (κ1) is 17.5. The predicted octanol–water partition coefficient (Wildman–Crippen LogP) is 3.92. The molecule has 0 saturated heterocycles. The first-order valence-corrected chi connectivity index (χ1v) is 8.19. The Morgan fingerprint density at radius 2 is 1.87 bits per heavy atom. The van der Waals surface area contributed by atoms with Crippen LogP contribution in [0.25, 0.3) is 0 Å². The number of nitrogens with zero attached hydrogens (tertiary/aromatic N) is 1. The molecule has 0 bridgehead atoms. The number of halogens is 1. The Bertz CT molecular complexity index is 658. The van der Waals surface area contributed by atoms with Crippen LogP contribution in [0.5, 0.6) is 5.75 Å². The molecule has 0 aliphatic rings. The molecule has 1 amide bonds. The van der Waals surface area contributed by atoms with Gasteiger partial charge in [-0.2, -0.15) is 0 Å². The topological polar surface area (TPSA) is 41.6 Å². The predicted molar refractivity (Wildman–Crippen MR) is 96.7 cm³/mol. The fraction of sp³-hybridized carbons (Fsp3) is 0.278. The molecular formula is C18H21BrN2O2. The summed E-state index contributed by atoms with van der Waals surface area (Å²) in [6.07, 6.45) is 0. The molecule has 0 spiro atoms. The van der Waals surface area contributed by atoms with Crippen molar-refractivity contribution in [3.05, 3.63) is 58.6 Å². The number of benzene rings is 2. The van der Waals surface area contributed by atoms with Crippen LogP contribution < -0.4 is 10.1 Å². The number of methoxy groups -OCH3 is 1. The number of carbonyl (C=O) groups is 1. The lowest BCUT2D eigenvalue weighted by Gasteiger charge is -2.24. The van der Waals surface area contributed by atoms with Crippen LogP contribution in [0.2, 0.25) is 0 Å². The summed E-state index contributed by atoms with van der Waals surface area (Å²) >= 11 is 3.42. The lowest BCUT2D eigenvalue weighted by atomic mass is 10.2. The summed E-state index contributed by atoms with van der Waals surface area (Å²) in [4.78, 5) is 14.5. The van der Waals surface area contributed by atoms with Crippen LogP contribution in [-0.4, -0.2) is 31.0 Å². The molecule has 4 nitrogen and oxygen atoms in total. The van der Waals surface area contributed by atoms with E-state index in [0.29, 0.717) is 18.0 Å². The Hall–Kier alpha value is -1.85. The van der Waals surface area contributed by atoms with Gasteiger partial charge in [0.05, 0.1) is 18.8 Å². The third kappa shape index (κ3) is 4.81. The molecule has 5 heteroatoms. The molecule has 23 heavy (non-hydrogen) atoms. The van der Waals surface area contributed by atoms with E-state index in [9.17, 15) is 4.79 Å². The summed E-state index contributed by atoms with van der Waals surface area (Å²) in [5.41, 5.74) is 1.84. The van der Waals surface area contributed by atoms with Gasteiger partial charge in [0.25, 0.3) is 0 Å². The zero-order valence-electron chi connectivity index (χ0n) is 13.5. The number of hydrogen-bond acceptors (Lipinski definition) is 3. The third-order valence-corrected chi connectivity index (χ3v) is 4.28. The van der Waals surface area contributed by atoms with E-state index in [0.717, 1.165) is 10.0 Å². The van der Waals surface area contributed by atoms with Gasteiger partial charge >= 0.3 is 0 Å². The highest BCUT2D eigenvalue weighted by atomic mass is 79.9. The average molecular weight is 377 g/mol. The van der Waals surface area contributed by atoms with Gasteiger partial charge in [0, 0.05) is 11.0 Å². The molecule has 1 N–H and O–H groups in total. The fourth-order valence-corrected chi connectivity index (χ4v) is 2.46. The first-order valence-electron chi connectivity index (χ1n) is 7.40. The van der Waals surface area contributed by atoms with Crippen LogP contribution in [0.4, 0.5) is 5.69 Å². The third-order valence-electron chi connectivity index (χ3n) is 3.75. The lowest BCUT2D eigenvalue weighted by molar-refractivity contribution is -0.120. The fourth-order valence-electron chi connectivity index (χ4n) is 2.20. The van der Waals surface area contributed by atoms with Gasteiger partial charge in [-0.3, -0.25) is 9.69 Å². The van der Waals surface area contributed by atoms with Crippen LogP contribution in [-0.2, 0) is 11.3 Å². The van der Waals surface area contributed by atoms with E-state index in [2.05, 4.69) is 21.2 Å². The lowest BCUT2D eigenvalue weighted by Crippen LogP contribution is -2.39. The number of amides is 1. The summed E-state index contributed by atoms with van der Waals surface area (Å²) in [5.74, 6) is 0.595. The Balaban J connectivity index is 1.99. The number of para-hydroxylation sites is 2. The van der Waals surface area contributed by atoms with Gasteiger partial charge in [-0.15, -0.1) is 0 Å². The van der Waals surface area contributed by atoms with E-state index < -0.39 is 0 Å². The van der Waals surface area contributed by atoms with Crippen molar-refractivity contribution in [2.24, 2.45) is 0 Å². The number of anilines is 1. The van der Waals surface area contributed by atoms with Crippen molar-refractivity contribution in [3.63, 3.8) is 0 Å². The maximum atomic E-state index is 12.5. The van der Waals surface area contributed by atoms with Crippen molar-refractivity contribution in [3.8, 4) is 5.75 Å². The Labute approximate surface area is 145 Å². The molecule has 0 saturated carbocycles. The van der Waals surface area contributed by atoms with Crippen molar-refractivity contribution >= 4 is 27.5 Å². The molecule has 0 radical (unpaired) electrons. The van der Waals surface area contributed by atoms with E-state index in [-0.39, 0.29) is 11.9 Å². The van der Waals surface area contributed by atoms with Crippen molar-refractivity contribution in [2.75, 3.05) is 19.5 Å². The van der Waals surface area contributed by atoms with Gasteiger partial charge in [-0.1, -0.05) is 40.2 Å². The Morgan fingerprint density at radius 3 is 2.52 bits per heavy atom. The van der Waals surface area contributed by atoms with E-state index in [1.165, 1.54) is 0 Å². The van der Waals surface area contributed by atoms with E-state index in [1.54, 1.807) is 7.11 Å². The van der Waals surface area contributed by atoms with Crippen molar-refractivity contribution in [2.45, 2.75) is 19.5 Å². The number of carbonyl (C=O) groups excluding carboxylic acids is 1. The van der Waals surface area contributed by atoms with Gasteiger partial charge in [0.2, 0.25) is 5.91 Å². The summed E-state index contributed by atoms with van der Waals surface area (Å²) in [7, 11) is 3.53. The van der Waals surface area contributed by atoms with Crippen LogP contribution in [0, 0.1) is 0 Å². The molecule has 2 aromatic carbocycles. The summed E-state index contributed by atoms with van der Waals surface area (Å²) in [6, 6.07) is 15.2. The van der Waals surface area contributed by atoms with Crippen molar-refractivity contribution < 1.29 is 9.53 Å². The van der Waals surface area contributed by atoms with E-state index in [1.807, 2.05) is 67.4 Å². The Kier molecular flexibility index (Phi) is 6.19.